The molecule has 0 aliphatic rings. The van der Waals surface area contributed by atoms with Gasteiger partial charge in [-0.3, -0.25) is 4.79 Å². The summed E-state index contributed by atoms with van der Waals surface area (Å²) in [6.07, 6.45) is 1.74. The standard InChI is InChI=1S/C16H14N2O2/c1-18(13-5-3-2-4-6-13)16(19)10-12-7-8-14-15(9-12)20-11-17-14/h2-9,11H,10H2,1H3. The number of carbonyl (C=O) groups excluding carboxylic acids is 1. The Morgan fingerprint density at radius 3 is 2.80 bits per heavy atom. The fraction of sp³-hybridized carbons (Fsp3) is 0.125. The SMILES string of the molecule is CN(C(=O)Cc1ccc2ncoc2c1)c1ccccc1. The Morgan fingerprint density at radius 2 is 2.00 bits per heavy atom. The average Bonchev–Trinajstić information content (AvgIpc) is 2.95. The first-order valence-corrected chi connectivity index (χ1v) is 6.38. The second-order valence-electron chi connectivity index (χ2n) is 4.62. The zero-order valence-corrected chi connectivity index (χ0v) is 11.1. The van der Waals surface area contributed by atoms with Crippen LogP contribution in [0.4, 0.5) is 5.69 Å². The molecule has 3 rings (SSSR count). The van der Waals surface area contributed by atoms with E-state index < -0.39 is 0 Å². The summed E-state index contributed by atoms with van der Waals surface area (Å²) in [6.45, 7) is 0. The van der Waals surface area contributed by atoms with E-state index in [0.717, 1.165) is 16.8 Å². The molecule has 0 fully saturated rings. The molecule has 0 saturated heterocycles. The number of hydrogen-bond donors (Lipinski definition) is 0. The summed E-state index contributed by atoms with van der Waals surface area (Å²) in [5, 5.41) is 0. The fourth-order valence-electron chi connectivity index (χ4n) is 2.10. The Morgan fingerprint density at radius 1 is 1.20 bits per heavy atom. The lowest BCUT2D eigenvalue weighted by Crippen LogP contribution is -2.27. The molecule has 4 heteroatoms. The third-order valence-corrected chi connectivity index (χ3v) is 3.27. The highest BCUT2D eigenvalue weighted by atomic mass is 16.3. The van der Waals surface area contributed by atoms with Gasteiger partial charge in [0.05, 0.1) is 6.42 Å². The van der Waals surface area contributed by atoms with Gasteiger partial charge < -0.3 is 9.32 Å². The zero-order valence-electron chi connectivity index (χ0n) is 11.1. The minimum Gasteiger partial charge on any atom is -0.443 e. The Kier molecular flexibility index (Phi) is 3.21. The number of carbonyl (C=O) groups is 1. The number of rotatable bonds is 3. The topological polar surface area (TPSA) is 46.3 Å². The van der Waals surface area contributed by atoms with E-state index in [0.29, 0.717) is 12.0 Å². The molecule has 0 radical (unpaired) electrons. The van der Waals surface area contributed by atoms with Gasteiger partial charge in [-0.2, -0.15) is 0 Å². The van der Waals surface area contributed by atoms with E-state index in [-0.39, 0.29) is 5.91 Å². The number of benzene rings is 2. The summed E-state index contributed by atoms with van der Waals surface area (Å²) >= 11 is 0. The monoisotopic (exact) mass is 266 g/mol. The van der Waals surface area contributed by atoms with Crippen molar-refractivity contribution in [1.29, 1.82) is 0 Å². The summed E-state index contributed by atoms with van der Waals surface area (Å²) in [7, 11) is 1.78. The Balaban J connectivity index is 1.78. The molecule has 0 aliphatic carbocycles. The van der Waals surface area contributed by atoms with Crippen LogP contribution in [0, 0.1) is 0 Å². The molecule has 0 N–H and O–H groups in total. The molecule has 100 valence electrons. The number of amides is 1. The first-order chi connectivity index (χ1) is 9.74. The molecule has 1 heterocycles. The first-order valence-electron chi connectivity index (χ1n) is 6.38. The van der Waals surface area contributed by atoms with Gasteiger partial charge in [-0.25, -0.2) is 4.98 Å². The number of oxazole rings is 1. The molecule has 0 bridgehead atoms. The third kappa shape index (κ3) is 2.40. The van der Waals surface area contributed by atoms with Crippen molar-refractivity contribution >= 4 is 22.7 Å². The smallest absolute Gasteiger partial charge is 0.231 e. The van der Waals surface area contributed by atoms with Gasteiger partial charge in [-0.15, -0.1) is 0 Å². The van der Waals surface area contributed by atoms with Gasteiger partial charge >= 0.3 is 0 Å². The van der Waals surface area contributed by atoms with Crippen molar-refractivity contribution in [1.82, 2.24) is 4.98 Å². The van der Waals surface area contributed by atoms with E-state index in [9.17, 15) is 4.79 Å². The molecule has 2 aromatic carbocycles. The molecule has 20 heavy (non-hydrogen) atoms. The van der Waals surface area contributed by atoms with Crippen molar-refractivity contribution in [3.63, 3.8) is 0 Å². The van der Waals surface area contributed by atoms with Crippen molar-refractivity contribution in [3.05, 3.63) is 60.5 Å². The number of nitrogens with zero attached hydrogens (tertiary/aromatic N) is 2. The first kappa shape index (κ1) is 12.4. The van der Waals surface area contributed by atoms with E-state index in [4.69, 9.17) is 4.42 Å². The molecule has 0 saturated carbocycles. The molecule has 0 spiro atoms. The molecule has 1 amide bonds. The number of likely N-dealkylation sites (N-methyl/N-ethyl adjacent to an activating group) is 1. The second-order valence-corrected chi connectivity index (χ2v) is 4.62. The van der Waals surface area contributed by atoms with Crippen LogP contribution >= 0.6 is 0 Å². The third-order valence-electron chi connectivity index (χ3n) is 3.27. The predicted molar refractivity (Wildman–Crippen MR) is 77.6 cm³/mol. The average molecular weight is 266 g/mol. The summed E-state index contributed by atoms with van der Waals surface area (Å²) < 4.78 is 5.25. The van der Waals surface area contributed by atoms with Crippen molar-refractivity contribution < 1.29 is 9.21 Å². The van der Waals surface area contributed by atoms with Gasteiger partial charge in [0.2, 0.25) is 5.91 Å². The largest absolute Gasteiger partial charge is 0.443 e. The van der Waals surface area contributed by atoms with Crippen LogP contribution in [0.2, 0.25) is 0 Å². The lowest BCUT2D eigenvalue weighted by Gasteiger charge is -2.17. The van der Waals surface area contributed by atoms with Crippen molar-refractivity contribution in [2.75, 3.05) is 11.9 Å². The normalized spacial score (nSPS) is 10.7. The molecule has 0 atom stereocenters. The van der Waals surface area contributed by atoms with Gasteiger partial charge in [0.25, 0.3) is 0 Å². The van der Waals surface area contributed by atoms with Crippen LogP contribution < -0.4 is 4.90 Å². The van der Waals surface area contributed by atoms with Gasteiger partial charge in [-0.1, -0.05) is 24.3 Å². The Bertz CT molecular complexity index is 734. The van der Waals surface area contributed by atoms with Crippen molar-refractivity contribution in [3.8, 4) is 0 Å². The highest BCUT2D eigenvalue weighted by molar-refractivity contribution is 5.94. The number of aromatic nitrogens is 1. The van der Waals surface area contributed by atoms with Crippen molar-refractivity contribution in [2.24, 2.45) is 0 Å². The fourth-order valence-corrected chi connectivity index (χ4v) is 2.10. The highest BCUT2D eigenvalue weighted by Crippen LogP contribution is 2.17. The Labute approximate surface area is 116 Å². The van der Waals surface area contributed by atoms with E-state index in [2.05, 4.69) is 4.98 Å². The summed E-state index contributed by atoms with van der Waals surface area (Å²) in [4.78, 5) is 18.0. The molecule has 3 aromatic rings. The summed E-state index contributed by atoms with van der Waals surface area (Å²) in [5.41, 5.74) is 3.32. The van der Waals surface area contributed by atoms with E-state index in [1.54, 1.807) is 11.9 Å². The van der Waals surface area contributed by atoms with E-state index >= 15 is 0 Å². The maximum atomic E-state index is 12.3. The predicted octanol–water partition coefficient (Wildman–Crippen LogP) is 3.03. The summed E-state index contributed by atoms with van der Waals surface area (Å²) in [5.74, 6) is 0.0371. The molecule has 0 unspecified atom stereocenters. The number of para-hydroxylation sites is 1. The van der Waals surface area contributed by atoms with Gasteiger partial charge in [0.1, 0.15) is 5.52 Å². The zero-order chi connectivity index (χ0) is 13.9. The molecule has 1 aromatic heterocycles. The molecule has 4 nitrogen and oxygen atoms in total. The molecular weight excluding hydrogens is 252 g/mol. The summed E-state index contributed by atoms with van der Waals surface area (Å²) in [6, 6.07) is 15.2. The van der Waals surface area contributed by atoms with E-state index in [1.165, 1.54) is 6.39 Å². The second kappa shape index (κ2) is 5.17. The van der Waals surface area contributed by atoms with Gasteiger partial charge in [0, 0.05) is 12.7 Å². The highest BCUT2D eigenvalue weighted by Gasteiger charge is 2.12. The minimum absolute atomic E-state index is 0.0371. The Hall–Kier alpha value is -2.62. The van der Waals surface area contributed by atoms with Crippen LogP contribution in [0.5, 0.6) is 0 Å². The maximum absolute atomic E-state index is 12.3. The molecular formula is C16H14N2O2. The van der Waals surface area contributed by atoms with Crippen molar-refractivity contribution in [2.45, 2.75) is 6.42 Å². The number of anilines is 1. The minimum atomic E-state index is 0.0371. The van der Waals surface area contributed by atoms with Crippen LogP contribution in [-0.4, -0.2) is 17.9 Å². The van der Waals surface area contributed by atoms with E-state index in [1.807, 2.05) is 48.5 Å². The number of hydrogen-bond acceptors (Lipinski definition) is 3. The lowest BCUT2D eigenvalue weighted by molar-refractivity contribution is -0.117. The van der Waals surface area contributed by atoms with Crippen LogP contribution in [-0.2, 0) is 11.2 Å². The van der Waals surface area contributed by atoms with Crippen LogP contribution in [0.25, 0.3) is 11.1 Å². The number of fused-ring (bicyclic) bond motifs is 1. The van der Waals surface area contributed by atoms with Crippen LogP contribution in [0.1, 0.15) is 5.56 Å². The maximum Gasteiger partial charge on any atom is 0.231 e. The van der Waals surface area contributed by atoms with Gasteiger partial charge in [-0.05, 0) is 29.8 Å². The van der Waals surface area contributed by atoms with Crippen LogP contribution in [0.15, 0.2) is 59.3 Å². The lowest BCUT2D eigenvalue weighted by atomic mass is 10.1. The molecule has 0 aliphatic heterocycles. The van der Waals surface area contributed by atoms with Crippen LogP contribution in [0.3, 0.4) is 0 Å². The quantitative estimate of drug-likeness (QED) is 0.732. The van der Waals surface area contributed by atoms with Gasteiger partial charge in [0.15, 0.2) is 12.0 Å².